The van der Waals surface area contributed by atoms with Crippen molar-refractivity contribution in [2.24, 2.45) is 5.92 Å². The molecule has 1 N–H and O–H groups in total. The van der Waals surface area contributed by atoms with Gasteiger partial charge in [-0.1, -0.05) is 36.8 Å². The van der Waals surface area contributed by atoms with Gasteiger partial charge >= 0.3 is 0 Å². The monoisotopic (exact) mass is 244 g/mol. The molecule has 0 heterocycles. The lowest BCUT2D eigenvalue weighted by Crippen LogP contribution is -1.96. The van der Waals surface area contributed by atoms with E-state index < -0.39 is 0 Å². The van der Waals surface area contributed by atoms with Crippen molar-refractivity contribution in [3.05, 3.63) is 35.4 Å². The van der Waals surface area contributed by atoms with E-state index in [1.807, 2.05) is 12.1 Å². The molecule has 18 heavy (non-hydrogen) atoms. The molecule has 2 heteroatoms. The van der Waals surface area contributed by atoms with Crippen molar-refractivity contribution in [3.8, 4) is 11.8 Å². The number of hydrogen-bond donors (Lipinski definition) is 1. The molecule has 1 aliphatic rings. The summed E-state index contributed by atoms with van der Waals surface area (Å²) in [4.78, 5) is 0. The van der Waals surface area contributed by atoms with Gasteiger partial charge in [0.15, 0.2) is 0 Å². The highest BCUT2D eigenvalue weighted by atomic mass is 16.5. The summed E-state index contributed by atoms with van der Waals surface area (Å²) in [6.45, 7) is 1.66. The van der Waals surface area contributed by atoms with Gasteiger partial charge in [-0.3, -0.25) is 0 Å². The molecule has 1 fully saturated rings. The molecule has 1 aromatic rings. The average Bonchev–Trinajstić information content (AvgIpc) is 3.20. The van der Waals surface area contributed by atoms with Gasteiger partial charge in [0, 0.05) is 18.6 Å². The van der Waals surface area contributed by atoms with Crippen molar-refractivity contribution >= 4 is 0 Å². The summed E-state index contributed by atoms with van der Waals surface area (Å²) >= 11 is 0. The Kier molecular flexibility index (Phi) is 5.26. The van der Waals surface area contributed by atoms with Crippen LogP contribution < -0.4 is 0 Å². The lowest BCUT2D eigenvalue weighted by Gasteiger charge is -2.04. The summed E-state index contributed by atoms with van der Waals surface area (Å²) in [6.07, 6.45) is 4.51. The van der Waals surface area contributed by atoms with Crippen LogP contribution in [-0.4, -0.2) is 18.3 Å². The summed E-state index contributed by atoms with van der Waals surface area (Å²) in [5, 5.41) is 8.67. The Morgan fingerprint density at radius 2 is 2.22 bits per heavy atom. The summed E-state index contributed by atoms with van der Waals surface area (Å²) in [7, 11) is 0. The van der Waals surface area contributed by atoms with E-state index in [2.05, 4.69) is 24.0 Å². The fourth-order valence-electron chi connectivity index (χ4n) is 1.81. The van der Waals surface area contributed by atoms with Crippen molar-refractivity contribution in [3.63, 3.8) is 0 Å². The standard InChI is InChI=1S/C16H20O2/c17-10-2-1-4-15-5-3-6-16(12-15)13-18-11-9-14-7-8-14/h3,5-6,12,14,17H,2,7-11,13H2. The van der Waals surface area contributed by atoms with Gasteiger partial charge in [0.05, 0.1) is 13.2 Å². The highest BCUT2D eigenvalue weighted by Crippen LogP contribution is 2.32. The molecule has 0 spiro atoms. The summed E-state index contributed by atoms with van der Waals surface area (Å²) < 4.78 is 5.66. The number of ether oxygens (including phenoxy) is 1. The van der Waals surface area contributed by atoms with Gasteiger partial charge < -0.3 is 9.84 Å². The average molecular weight is 244 g/mol. The fourth-order valence-corrected chi connectivity index (χ4v) is 1.81. The molecule has 0 amide bonds. The smallest absolute Gasteiger partial charge is 0.0717 e. The Morgan fingerprint density at radius 3 is 3.00 bits per heavy atom. The van der Waals surface area contributed by atoms with E-state index in [0.717, 1.165) is 18.1 Å². The normalized spacial score (nSPS) is 14.1. The van der Waals surface area contributed by atoms with Gasteiger partial charge in [0.2, 0.25) is 0 Å². The highest BCUT2D eigenvalue weighted by molar-refractivity contribution is 5.36. The van der Waals surface area contributed by atoms with Gasteiger partial charge in [0.1, 0.15) is 0 Å². The number of hydrogen-bond acceptors (Lipinski definition) is 2. The third kappa shape index (κ3) is 4.91. The molecule has 0 bridgehead atoms. The van der Waals surface area contributed by atoms with Crippen LogP contribution in [0.15, 0.2) is 24.3 Å². The lowest BCUT2D eigenvalue weighted by molar-refractivity contribution is 0.115. The van der Waals surface area contributed by atoms with E-state index >= 15 is 0 Å². The molecule has 0 saturated heterocycles. The van der Waals surface area contributed by atoms with Gasteiger partial charge in [-0.15, -0.1) is 0 Å². The van der Waals surface area contributed by atoms with Crippen LogP contribution in [0.1, 0.15) is 36.8 Å². The SMILES string of the molecule is OCCC#Cc1cccc(COCCC2CC2)c1. The second-order valence-corrected chi connectivity index (χ2v) is 4.76. The van der Waals surface area contributed by atoms with Crippen molar-refractivity contribution < 1.29 is 9.84 Å². The maximum absolute atomic E-state index is 8.67. The molecule has 1 aromatic carbocycles. The quantitative estimate of drug-likeness (QED) is 0.616. The van der Waals surface area contributed by atoms with Crippen LogP contribution in [0.25, 0.3) is 0 Å². The van der Waals surface area contributed by atoms with Crippen LogP contribution in [-0.2, 0) is 11.3 Å². The number of rotatable bonds is 6. The number of aliphatic hydroxyl groups is 1. The number of benzene rings is 1. The molecule has 0 unspecified atom stereocenters. The molecular formula is C16H20O2. The van der Waals surface area contributed by atoms with Crippen LogP contribution in [0, 0.1) is 17.8 Å². The molecular weight excluding hydrogens is 224 g/mol. The topological polar surface area (TPSA) is 29.5 Å². The molecule has 0 aromatic heterocycles. The Labute approximate surface area is 109 Å². The molecule has 0 aliphatic heterocycles. The predicted molar refractivity (Wildman–Crippen MR) is 72.0 cm³/mol. The van der Waals surface area contributed by atoms with E-state index in [0.29, 0.717) is 13.0 Å². The van der Waals surface area contributed by atoms with E-state index in [-0.39, 0.29) is 6.61 Å². The van der Waals surface area contributed by atoms with E-state index in [1.54, 1.807) is 0 Å². The van der Waals surface area contributed by atoms with Crippen LogP contribution in [0.5, 0.6) is 0 Å². The maximum Gasteiger partial charge on any atom is 0.0717 e. The maximum atomic E-state index is 8.67. The minimum atomic E-state index is 0.122. The van der Waals surface area contributed by atoms with E-state index in [4.69, 9.17) is 9.84 Å². The van der Waals surface area contributed by atoms with Gasteiger partial charge in [0.25, 0.3) is 0 Å². The molecule has 2 nitrogen and oxygen atoms in total. The molecule has 0 radical (unpaired) electrons. The minimum absolute atomic E-state index is 0.122. The van der Waals surface area contributed by atoms with Crippen LogP contribution in [0.4, 0.5) is 0 Å². The summed E-state index contributed by atoms with van der Waals surface area (Å²) in [5.74, 6) is 6.90. The lowest BCUT2D eigenvalue weighted by atomic mass is 10.1. The molecule has 2 rings (SSSR count). The largest absolute Gasteiger partial charge is 0.395 e. The highest BCUT2D eigenvalue weighted by Gasteiger charge is 2.20. The zero-order chi connectivity index (χ0) is 12.6. The van der Waals surface area contributed by atoms with Crippen molar-refractivity contribution in [2.45, 2.75) is 32.3 Å². The van der Waals surface area contributed by atoms with Gasteiger partial charge in [-0.25, -0.2) is 0 Å². The molecule has 1 aliphatic carbocycles. The first kappa shape index (κ1) is 13.1. The Bertz CT molecular complexity index is 424. The van der Waals surface area contributed by atoms with Crippen LogP contribution in [0.3, 0.4) is 0 Å². The predicted octanol–water partition coefficient (Wildman–Crippen LogP) is 2.74. The second-order valence-electron chi connectivity index (χ2n) is 4.76. The first-order chi connectivity index (χ1) is 8.88. The van der Waals surface area contributed by atoms with Crippen molar-refractivity contribution in [1.29, 1.82) is 0 Å². The molecule has 1 saturated carbocycles. The summed E-state index contributed by atoms with van der Waals surface area (Å²) in [6, 6.07) is 8.11. The van der Waals surface area contributed by atoms with Gasteiger partial charge in [-0.05, 0) is 30.0 Å². The van der Waals surface area contributed by atoms with Crippen molar-refractivity contribution in [2.75, 3.05) is 13.2 Å². The second kappa shape index (κ2) is 7.20. The third-order valence-electron chi connectivity index (χ3n) is 3.03. The van der Waals surface area contributed by atoms with Gasteiger partial charge in [-0.2, -0.15) is 0 Å². The van der Waals surface area contributed by atoms with Crippen LogP contribution >= 0.6 is 0 Å². The zero-order valence-electron chi connectivity index (χ0n) is 10.7. The van der Waals surface area contributed by atoms with E-state index in [9.17, 15) is 0 Å². The minimum Gasteiger partial charge on any atom is -0.395 e. The zero-order valence-corrected chi connectivity index (χ0v) is 10.7. The molecule has 96 valence electrons. The Morgan fingerprint density at radius 1 is 1.33 bits per heavy atom. The Hall–Kier alpha value is -1.30. The van der Waals surface area contributed by atoms with Crippen LogP contribution in [0.2, 0.25) is 0 Å². The van der Waals surface area contributed by atoms with Crippen molar-refractivity contribution in [1.82, 2.24) is 0 Å². The third-order valence-corrected chi connectivity index (χ3v) is 3.03. The Balaban J connectivity index is 1.77. The number of aliphatic hydroxyl groups excluding tert-OH is 1. The van der Waals surface area contributed by atoms with E-state index in [1.165, 1.54) is 24.8 Å². The molecule has 0 atom stereocenters. The fraction of sp³-hybridized carbons (Fsp3) is 0.500. The summed E-state index contributed by atoms with van der Waals surface area (Å²) in [5.41, 5.74) is 2.16. The first-order valence-electron chi connectivity index (χ1n) is 6.65. The first-order valence-corrected chi connectivity index (χ1v) is 6.65.